The fourth-order valence-corrected chi connectivity index (χ4v) is 2.36. The van der Waals surface area contributed by atoms with E-state index >= 15 is 0 Å². The Morgan fingerprint density at radius 2 is 1.76 bits per heavy atom. The quantitative estimate of drug-likeness (QED) is 0.711. The molecule has 0 saturated carbocycles. The molecule has 0 bridgehead atoms. The molecule has 3 rings (SSSR count). The van der Waals surface area contributed by atoms with E-state index in [-0.39, 0.29) is 12.3 Å². The number of halogens is 1. The molecule has 1 heterocycles. The molecular weight excluding hydrogens is 342 g/mol. The van der Waals surface area contributed by atoms with Crippen LogP contribution in [0.5, 0.6) is 5.75 Å². The number of benzene rings is 2. The van der Waals surface area contributed by atoms with E-state index in [0.717, 1.165) is 5.69 Å². The molecule has 0 fully saturated rings. The monoisotopic (exact) mass is 357 g/mol. The summed E-state index contributed by atoms with van der Waals surface area (Å²) in [6.45, 7) is 0.570. The maximum Gasteiger partial charge on any atom is 0.328 e. The van der Waals surface area contributed by atoms with E-state index in [1.54, 1.807) is 24.3 Å². The second-order valence-corrected chi connectivity index (χ2v) is 5.73. The lowest BCUT2D eigenvalue weighted by molar-refractivity contribution is 0.295. The Bertz CT molecular complexity index is 950. The number of hydrogen-bond acceptors (Lipinski definition) is 4. The summed E-state index contributed by atoms with van der Waals surface area (Å²) in [5.74, 6) is 0.657. The largest absolute Gasteiger partial charge is 0.492 e. The van der Waals surface area contributed by atoms with Gasteiger partial charge in [0.15, 0.2) is 0 Å². The fraction of sp³-hybridized carbons (Fsp3) is 0.111. The predicted molar refractivity (Wildman–Crippen MR) is 98.0 cm³/mol. The van der Waals surface area contributed by atoms with Crippen LogP contribution >= 0.6 is 11.6 Å². The van der Waals surface area contributed by atoms with Crippen LogP contribution in [0.1, 0.15) is 0 Å². The number of aromatic nitrogens is 2. The standard InChI is InChI=1S/C18H16ClN3O3/c19-13-6-8-15(9-7-13)25-11-10-22-12-16(17(23)21-18(22)24)20-14-4-2-1-3-5-14/h1-9,12,20H,10-11H2,(H,21,23,24). The van der Waals surface area contributed by atoms with Gasteiger partial charge in [0.1, 0.15) is 18.0 Å². The van der Waals surface area contributed by atoms with Crippen molar-refractivity contribution in [2.45, 2.75) is 6.54 Å². The fourth-order valence-electron chi connectivity index (χ4n) is 2.23. The average molecular weight is 358 g/mol. The Kier molecular flexibility index (Phi) is 5.20. The zero-order chi connectivity index (χ0) is 17.6. The van der Waals surface area contributed by atoms with E-state index in [1.807, 2.05) is 30.3 Å². The number of hydrogen-bond donors (Lipinski definition) is 2. The molecule has 2 N–H and O–H groups in total. The van der Waals surface area contributed by atoms with Crippen molar-refractivity contribution in [3.05, 3.63) is 86.7 Å². The Hall–Kier alpha value is -2.99. The van der Waals surface area contributed by atoms with Crippen LogP contribution in [-0.2, 0) is 6.54 Å². The van der Waals surface area contributed by atoms with E-state index < -0.39 is 11.2 Å². The van der Waals surface area contributed by atoms with Gasteiger partial charge in [-0.05, 0) is 36.4 Å². The molecule has 3 aromatic rings. The highest BCUT2D eigenvalue weighted by atomic mass is 35.5. The molecule has 1 aromatic heterocycles. The minimum absolute atomic E-state index is 0.276. The van der Waals surface area contributed by atoms with Gasteiger partial charge in [0.2, 0.25) is 0 Å². The molecule has 0 radical (unpaired) electrons. The normalized spacial score (nSPS) is 10.4. The maximum absolute atomic E-state index is 11.9. The van der Waals surface area contributed by atoms with Crippen LogP contribution in [0.15, 0.2) is 70.4 Å². The zero-order valence-corrected chi connectivity index (χ0v) is 14.0. The second-order valence-electron chi connectivity index (χ2n) is 5.29. The predicted octanol–water partition coefficient (Wildman–Crippen LogP) is 3.01. The van der Waals surface area contributed by atoms with E-state index in [4.69, 9.17) is 16.3 Å². The zero-order valence-electron chi connectivity index (χ0n) is 13.2. The first kappa shape index (κ1) is 16.9. The Morgan fingerprint density at radius 3 is 2.48 bits per heavy atom. The molecule has 0 aliphatic rings. The SMILES string of the molecule is O=c1[nH]c(=O)n(CCOc2ccc(Cl)cc2)cc1Nc1ccccc1. The molecule has 128 valence electrons. The topological polar surface area (TPSA) is 76.1 Å². The highest BCUT2D eigenvalue weighted by molar-refractivity contribution is 6.30. The lowest BCUT2D eigenvalue weighted by atomic mass is 10.3. The summed E-state index contributed by atoms with van der Waals surface area (Å²) in [6.07, 6.45) is 1.49. The van der Waals surface area contributed by atoms with E-state index in [0.29, 0.717) is 17.3 Å². The van der Waals surface area contributed by atoms with Crippen molar-refractivity contribution in [2.24, 2.45) is 0 Å². The average Bonchev–Trinajstić information content (AvgIpc) is 2.61. The van der Waals surface area contributed by atoms with Gasteiger partial charge in [-0.2, -0.15) is 0 Å². The summed E-state index contributed by atoms with van der Waals surface area (Å²) in [5, 5.41) is 3.62. The van der Waals surface area contributed by atoms with Gasteiger partial charge in [0, 0.05) is 16.9 Å². The van der Waals surface area contributed by atoms with Crippen molar-refractivity contribution < 1.29 is 4.74 Å². The van der Waals surface area contributed by atoms with Crippen LogP contribution < -0.4 is 21.3 Å². The number of para-hydroxylation sites is 1. The smallest absolute Gasteiger partial charge is 0.328 e. The third-order valence-electron chi connectivity index (χ3n) is 3.48. The number of rotatable bonds is 6. The molecule has 25 heavy (non-hydrogen) atoms. The van der Waals surface area contributed by atoms with E-state index in [1.165, 1.54) is 10.8 Å². The number of H-pyrrole nitrogens is 1. The van der Waals surface area contributed by atoms with E-state index in [9.17, 15) is 9.59 Å². The molecule has 6 nitrogen and oxygen atoms in total. The van der Waals surface area contributed by atoms with Gasteiger partial charge in [0.25, 0.3) is 5.56 Å². The van der Waals surface area contributed by atoms with Gasteiger partial charge in [0.05, 0.1) is 6.54 Å². The summed E-state index contributed by atoms with van der Waals surface area (Å²) < 4.78 is 6.97. The Morgan fingerprint density at radius 1 is 1.04 bits per heavy atom. The molecule has 0 unspecified atom stereocenters. The molecular formula is C18H16ClN3O3. The van der Waals surface area contributed by atoms with Crippen LogP contribution in [0.4, 0.5) is 11.4 Å². The highest BCUT2D eigenvalue weighted by Crippen LogP contribution is 2.15. The van der Waals surface area contributed by atoms with Crippen molar-refractivity contribution in [1.82, 2.24) is 9.55 Å². The number of nitrogens with one attached hydrogen (secondary N) is 2. The van der Waals surface area contributed by atoms with Crippen LogP contribution in [0.25, 0.3) is 0 Å². The van der Waals surface area contributed by atoms with Crippen LogP contribution in [0.3, 0.4) is 0 Å². The molecule has 0 aliphatic carbocycles. The molecule has 0 amide bonds. The third-order valence-corrected chi connectivity index (χ3v) is 3.73. The van der Waals surface area contributed by atoms with Crippen LogP contribution in [0.2, 0.25) is 5.02 Å². The lowest BCUT2D eigenvalue weighted by Crippen LogP contribution is -2.32. The minimum Gasteiger partial charge on any atom is -0.492 e. The first-order valence-electron chi connectivity index (χ1n) is 7.66. The molecule has 0 atom stereocenters. The van der Waals surface area contributed by atoms with Crippen LogP contribution in [0, 0.1) is 0 Å². The Labute approximate surface area is 148 Å². The summed E-state index contributed by atoms with van der Waals surface area (Å²) in [7, 11) is 0. The van der Waals surface area contributed by atoms with Crippen molar-refractivity contribution in [2.75, 3.05) is 11.9 Å². The molecule has 0 spiro atoms. The van der Waals surface area contributed by atoms with Gasteiger partial charge in [-0.15, -0.1) is 0 Å². The van der Waals surface area contributed by atoms with Gasteiger partial charge in [-0.25, -0.2) is 4.79 Å². The number of nitrogens with zero attached hydrogens (tertiary/aromatic N) is 1. The second kappa shape index (κ2) is 7.72. The molecule has 0 aliphatic heterocycles. The van der Waals surface area contributed by atoms with Crippen LogP contribution in [-0.4, -0.2) is 16.2 Å². The maximum atomic E-state index is 11.9. The first-order chi connectivity index (χ1) is 12.1. The summed E-state index contributed by atoms with van der Waals surface area (Å²) >= 11 is 5.82. The summed E-state index contributed by atoms with van der Waals surface area (Å²) in [4.78, 5) is 26.2. The number of ether oxygens (including phenoxy) is 1. The summed E-state index contributed by atoms with van der Waals surface area (Å²) in [6, 6.07) is 16.2. The number of anilines is 2. The van der Waals surface area contributed by atoms with Crippen molar-refractivity contribution in [1.29, 1.82) is 0 Å². The molecule has 0 saturated heterocycles. The van der Waals surface area contributed by atoms with Crippen molar-refractivity contribution in [3.8, 4) is 5.75 Å². The lowest BCUT2D eigenvalue weighted by Gasteiger charge is -2.10. The molecule has 2 aromatic carbocycles. The minimum atomic E-state index is -0.483. The molecule has 7 heteroatoms. The van der Waals surface area contributed by atoms with Gasteiger partial charge >= 0.3 is 5.69 Å². The third kappa shape index (κ3) is 4.51. The summed E-state index contributed by atoms with van der Waals surface area (Å²) in [5.41, 5.74) is 0.0972. The van der Waals surface area contributed by atoms with Crippen molar-refractivity contribution in [3.63, 3.8) is 0 Å². The first-order valence-corrected chi connectivity index (χ1v) is 8.04. The Balaban J connectivity index is 1.70. The highest BCUT2D eigenvalue weighted by Gasteiger charge is 2.05. The number of aromatic amines is 1. The van der Waals surface area contributed by atoms with Crippen molar-refractivity contribution >= 4 is 23.0 Å². The van der Waals surface area contributed by atoms with Gasteiger partial charge < -0.3 is 10.1 Å². The van der Waals surface area contributed by atoms with Gasteiger partial charge in [-0.1, -0.05) is 29.8 Å². The van der Waals surface area contributed by atoms with Gasteiger partial charge in [-0.3, -0.25) is 14.3 Å². The van der Waals surface area contributed by atoms with E-state index in [2.05, 4.69) is 10.3 Å².